The molecule has 3 rings (SSSR count). The number of nitrogens with zero attached hydrogens (tertiary/aromatic N) is 1. The highest BCUT2D eigenvalue weighted by Gasteiger charge is 2.27. The number of nitrogens with one attached hydrogen (secondary N) is 3. The van der Waals surface area contributed by atoms with Crippen LogP contribution < -0.4 is 10.6 Å². The molecule has 0 saturated heterocycles. The number of halogens is 1. The highest BCUT2D eigenvalue weighted by atomic mass is 19.1. The van der Waals surface area contributed by atoms with E-state index in [1.165, 1.54) is 23.1 Å². The molecule has 1 aromatic heterocycles. The number of aliphatic hydroxyl groups excluding tert-OH is 2. The fraction of sp³-hybridized carbons (Fsp3) is 0.423. The van der Waals surface area contributed by atoms with Crippen LogP contribution in [0.4, 0.5) is 10.1 Å². The van der Waals surface area contributed by atoms with Gasteiger partial charge in [-0.05, 0) is 57.0 Å². The number of H-pyrrole nitrogens is 1. The van der Waals surface area contributed by atoms with Crippen LogP contribution >= 0.6 is 0 Å². The molecule has 10 nitrogen and oxygen atoms in total. The number of fused-ring (bicyclic) bond motifs is 1. The minimum absolute atomic E-state index is 0.0739. The van der Waals surface area contributed by atoms with Crippen LogP contribution in [0.5, 0.6) is 0 Å². The number of anilines is 1. The lowest BCUT2D eigenvalue weighted by Gasteiger charge is -2.26. The molecular weight excluding hydrogens is 483 g/mol. The predicted molar refractivity (Wildman–Crippen MR) is 136 cm³/mol. The van der Waals surface area contributed by atoms with Crippen LogP contribution in [0.25, 0.3) is 11.6 Å². The summed E-state index contributed by atoms with van der Waals surface area (Å²) < 4.78 is 19.3. The topological polar surface area (TPSA) is 144 Å². The van der Waals surface area contributed by atoms with Gasteiger partial charge < -0.3 is 35.5 Å². The molecule has 1 aromatic carbocycles. The third kappa shape index (κ3) is 6.43. The van der Waals surface area contributed by atoms with Crippen LogP contribution in [0.2, 0.25) is 0 Å². The molecule has 1 aliphatic heterocycles. The van der Waals surface area contributed by atoms with Crippen molar-refractivity contribution < 1.29 is 33.7 Å². The van der Waals surface area contributed by atoms with Crippen molar-refractivity contribution in [2.45, 2.75) is 33.3 Å². The van der Waals surface area contributed by atoms with Gasteiger partial charge in [0.15, 0.2) is 0 Å². The monoisotopic (exact) mass is 516 g/mol. The van der Waals surface area contributed by atoms with E-state index in [1.54, 1.807) is 26.8 Å². The number of hydrogen-bond acceptors (Lipinski definition) is 6. The molecule has 37 heavy (non-hydrogen) atoms. The zero-order valence-corrected chi connectivity index (χ0v) is 21.2. The van der Waals surface area contributed by atoms with Crippen molar-refractivity contribution in [1.82, 2.24) is 15.2 Å². The van der Waals surface area contributed by atoms with Crippen molar-refractivity contribution in [2.75, 3.05) is 44.8 Å². The van der Waals surface area contributed by atoms with E-state index in [2.05, 4.69) is 15.6 Å². The van der Waals surface area contributed by atoms with E-state index in [1.807, 2.05) is 0 Å². The maximum atomic E-state index is 13.8. The lowest BCUT2D eigenvalue weighted by molar-refractivity contribution is -0.145. The van der Waals surface area contributed by atoms with Crippen molar-refractivity contribution in [2.24, 2.45) is 0 Å². The number of aryl methyl sites for hydroxylation is 1. The molecule has 0 saturated carbocycles. The Bertz CT molecular complexity index is 1190. The first-order valence-electron chi connectivity index (χ1n) is 12.1. The van der Waals surface area contributed by atoms with E-state index in [4.69, 9.17) is 4.74 Å². The SMILES string of the molecule is CCOC(CCNC(=O)c1c(C)[nH]c(/C=C2\C(=O)Nc3ccc(F)cc32)c1C)C(=O)N(CCO)CCO. The van der Waals surface area contributed by atoms with Gasteiger partial charge in [0.1, 0.15) is 11.9 Å². The Morgan fingerprint density at radius 1 is 1.22 bits per heavy atom. The summed E-state index contributed by atoms with van der Waals surface area (Å²) in [6, 6.07) is 4.06. The smallest absolute Gasteiger partial charge is 0.256 e. The summed E-state index contributed by atoms with van der Waals surface area (Å²) in [4.78, 5) is 42.7. The number of ether oxygens (including phenoxy) is 1. The predicted octanol–water partition coefficient (Wildman–Crippen LogP) is 1.60. The van der Waals surface area contributed by atoms with Crippen molar-refractivity contribution >= 4 is 35.1 Å². The Morgan fingerprint density at radius 2 is 1.92 bits per heavy atom. The Hall–Kier alpha value is -3.54. The second-order valence-corrected chi connectivity index (χ2v) is 8.63. The standard InChI is InChI=1S/C26H33FN4O6/c1-4-37-22(26(36)31(9-11-32)10-12-33)7-8-28-25(35)23-15(2)21(29-16(23)3)14-19-18-13-17(27)5-6-20(18)30-24(19)34/h5-6,13-14,22,29,32-33H,4,7-12H2,1-3H3,(H,28,35)(H,30,34)/b19-14-. The van der Waals surface area contributed by atoms with Gasteiger partial charge >= 0.3 is 0 Å². The van der Waals surface area contributed by atoms with Crippen LogP contribution in [-0.2, 0) is 14.3 Å². The van der Waals surface area contributed by atoms with E-state index < -0.39 is 11.9 Å². The van der Waals surface area contributed by atoms with Crippen molar-refractivity contribution in [3.05, 3.63) is 52.1 Å². The van der Waals surface area contributed by atoms with Crippen LogP contribution in [0.15, 0.2) is 18.2 Å². The van der Waals surface area contributed by atoms with Crippen LogP contribution in [0.1, 0.15) is 46.2 Å². The molecular formula is C26H33FN4O6. The summed E-state index contributed by atoms with van der Waals surface area (Å²) in [7, 11) is 0. The number of aromatic nitrogens is 1. The normalized spacial score (nSPS) is 14.4. The molecule has 0 fully saturated rings. The minimum atomic E-state index is -0.835. The number of aromatic amines is 1. The number of carbonyl (C=O) groups excluding carboxylic acids is 3. The first kappa shape index (κ1) is 28.0. The van der Waals surface area contributed by atoms with E-state index in [9.17, 15) is 29.0 Å². The number of carbonyl (C=O) groups is 3. The molecule has 2 aromatic rings. The van der Waals surface area contributed by atoms with E-state index in [0.29, 0.717) is 39.3 Å². The molecule has 3 amide bonds. The third-order valence-electron chi connectivity index (χ3n) is 6.14. The summed E-state index contributed by atoms with van der Waals surface area (Å²) in [6.45, 7) is 5.33. The largest absolute Gasteiger partial charge is 0.395 e. The Labute approximate surface area is 214 Å². The summed E-state index contributed by atoms with van der Waals surface area (Å²) in [5.74, 6) is -1.54. The van der Waals surface area contributed by atoms with E-state index in [0.717, 1.165) is 0 Å². The summed E-state index contributed by atoms with van der Waals surface area (Å²) in [5, 5.41) is 23.9. The average Bonchev–Trinajstić information content (AvgIpc) is 3.32. The van der Waals surface area contributed by atoms with Gasteiger partial charge in [-0.25, -0.2) is 4.39 Å². The average molecular weight is 517 g/mol. The Morgan fingerprint density at radius 3 is 2.57 bits per heavy atom. The zero-order valence-electron chi connectivity index (χ0n) is 21.2. The van der Waals surface area contributed by atoms with Crippen molar-refractivity contribution in [1.29, 1.82) is 0 Å². The lowest BCUT2D eigenvalue weighted by Crippen LogP contribution is -2.44. The molecule has 0 spiro atoms. The Balaban J connectivity index is 1.72. The highest BCUT2D eigenvalue weighted by Crippen LogP contribution is 2.34. The summed E-state index contributed by atoms with van der Waals surface area (Å²) in [5.41, 5.74) is 3.43. The number of rotatable bonds is 12. The van der Waals surface area contributed by atoms with Crippen LogP contribution in [0, 0.1) is 19.7 Å². The maximum Gasteiger partial charge on any atom is 0.256 e. The van der Waals surface area contributed by atoms with Crippen molar-refractivity contribution in [3.63, 3.8) is 0 Å². The number of benzene rings is 1. The van der Waals surface area contributed by atoms with Crippen LogP contribution in [0.3, 0.4) is 0 Å². The van der Waals surface area contributed by atoms with E-state index in [-0.39, 0.29) is 63.6 Å². The van der Waals surface area contributed by atoms with Gasteiger partial charge in [-0.15, -0.1) is 0 Å². The summed E-state index contributed by atoms with van der Waals surface area (Å²) in [6.07, 6.45) is 0.965. The molecule has 200 valence electrons. The Kier molecular flexibility index (Phi) is 9.56. The maximum absolute atomic E-state index is 13.8. The fourth-order valence-corrected chi connectivity index (χ4v) is 4.37. The third-order valence-corrected chi connectivity index (χ3v) is 6.14. The van der Waals surface area contributed by atoms with Gasteiger partial charge in [0.2, 0.25) is 0 Å². The minimum Gasteiger partial charge on any atom is -0.395 e. The fourth-order valence-electron chi connectivity index (χ4n) is 4.37. The molecule has 11 heteroatoms. The van der Waals surface area contributed by atoms with Gasteiger partial charge in [0, 0.05) is 48.9 Å². The first-order valence-corrected chi connectivity index (χ1v) is 12.1. The number of aliphatic hydroxyl groups is 2. The molecule has 0 bridgehead atoms. The van der Waals surface area contributed by atoms with Gasteiger partial charge in [0.25, 0.3) is 17.7 Å². The quantitative estimate of drug-likeness (QED) is 0.271. The summed E-state index contributed by atoms with van der Waals surface area (Å²) >= 11 is 0. The van der Waals surface area contributed by atoms with E-state index >= 15 is 0 Å². The second-order valence-electron chi connectivity index (χ2n) is 8.63. The first-order chi connectivity index (χ1) is 17.7. The molecule has 1 aliphatic rings. The number of amides is 3. The molecule has 5 N–H and O–H groups in total. The second kappa shape index (κ2) is 12.6. The zero-order chi connectivity index (χ0) is 27.1. The van der Waals surface area contributed by atoms with Crippen LogP contribution in [-0.4, -0.2) is 83.4 Å². The molecule has 2 heterocycles. The van der Waals surface area contributed by atoms with Gasteiger partial charge in [-0.1, -0.05) is 0 Å². The van der Waals surface area contributed by atoms with Gasteiger partial charge in [0.05, 0.1) is 24.4 Å². The van der Waals surface area contributed by atoms with Gasteiger partial charge in [-0.2, -0.15) is 0 Å². The molecule has 1 unspecified atom stereocenters. The molecule has 0 aliphatic carbocycles. The number of hydrogen-bond donors (Lipinski definition) is 5. The van der Waals surface area contributed by atoms with Gasteiger partial charge in [-0.3, -0.25) is 14.4 Å². The molecule has 1 atom stereocenters. The lowest BCUT2D eigenvalue weighted by atomic mass is 10.0. The highest BCUT2D eigenvalue weighted by molar-refractivity contribution is 6.34. The van der Waals surface area contributed by atoms with Crippen molar-refractivity contribution in [3.8, 4) is 0 Å². The molecule has 0 radical (unpaired) electrons.